The van der Waals surface area contributed by atoms with E-state index in [4.69, 9.17) is 15.2 Å². The molecule has 4 N–H and O–H groups in total. The van der Waals surface area contributed by atoms with E-state index in [1.807, 2.05) is 30.5 Å². The van der Waals surface area contributed by atoms with Gasteiger partial charge in [-0.3, -0.25) is 4.79 Å². The molecule has 2 heterocycles. The Kier molecular flexibility index (Phi) is 4.72. The highest BCUT2D eigenvalue weighted by Gasteiger charge is 2.19. The van der Waals surface area contributed by atoms with E-state index >= 15 is 0 Å². The van der Waals surface area contributed by atoms with Crippen molar-refractivity contribution in [3.05, 3.63) is 36.0 Å². The molecule has 0 radical (unpaired) electrons. The van der Waals surface area contributed by atoms with Gasteiger partial charge < -0.3 is 25.5 Å². The number of nitrogens with two attached hydrogens (primary N) is 1. The van der Waals surface area contributed by atoms with E-state index < -0.39 is 6.04 Å². The Labute approximate surface area is 129 Å². The predicted octanol–water partition coefficient (Wildman–Crippen LogP) is 0.569. The summed E-state index contributed by atoms with van der Waals surface area (Å²) < 4.78 is 10.8. The van der Waals surface area contributed by atoms with Crippen LogP contribution in [0.1, 0.15) is 5.56 Å². The molecule has 2 aromatic rings. The van der Waals surface area contributed by atoms with Crippen LogP contribution in [0, 0.1) is 0 Å². The highest BCUT2D eigenvalue weighted by atomic mass is 16.6. The zero-order chi connectivity index (χ0) is 15.4. The maximum absolute atomic E-state index is 12.1. The monoisotopic (exact) mass is 303 g/mol. The molecule has 1 fully saturated rings. The Morgan fingerprint density at radius 2 is 2.27 bits per heavy atom. The maximum atomic E-state index is 12.1. The second-order valence-corrected chi connectivity index (χ2v) is 5.48. The van der Waals surface area contributed by atoms with Crippen molar-refractivity contribution in [2.75, 3.05) is 26.4 Å². The highest BCUT2D eigenvalue weighted by molar-refractivity contribution is 5.86. The number of ether oxygens (including phenoxy) is 2. The summed E-state index contributed by atoms with van der Waals surface area (Å²) >= 11 is 0. The fourth-order valence-electron chi connectivity index (χ4n) is 2.63. The number of benzene rings is 1. The van der Waals surface area contributed by atoms with Gasteiger partial charge in [0.15, 0.2) is 0 Å². The molecule has 0 aliphatic carbocycles. The SMILES string of the molecule is N[C@@H](Cc1c[nH]c2ccccc12)C(=O)NCC1COCCO1. The van der Waals surface area contributed by atoms with E-state index in [9.17, 15) is 4.79 Å². The van der Waals surface area contributed by atoms with E-state index in [-0.39, 0.29) is 12.0 Å². The molecule has 1 aromatic heterocycles. The smallest absolute Gasteiger partial charge is 0.237 e. The second kappa shape index (κ2) is 6.91. The molecule has 0 saturated carbocycles. The zero-order valence-corrected chi connectivity index (χ0v) is 12.4. The lowest BCUT2D eigenvalue weighted by atomic mass is 10.1. The minimum absolute atomic E-state index is 0.0852. The van der Waals surface area contributed by atoms with Crippen molar-refractivity contribution >= 4 is 16.8 Å². The lowest BCUT2D eigenvalue weighted by molar-refractivity contribution is -0.125. The second-order valence-electron chi connectivity index (χ2n) is 5.48. The zero-order valence-electron chi connectivity index (χ0n) is 12.4. The first-order valence-corrected chi connectivity index (χ1v) is 7.51. The number of rotatable bonds is 5. The number of fused-ring (bicyclic) bond motifs is 1. The first-order valence-electron chi connectivity index (χ1n) is 7.51. The lowest BCUT2D eigenvalue weighted by Crippen LogP contribution is -2.46. The number of carbonyl (C=O) groups excluding carboxylic acids is 1. The largest absolute Gasteiger partial charge is 0.376 e. The number of carbonyl (C=O) groups is 1. The third kappa shape index (κ3) is 3.47. The van der Waals surface area contributed by atoms with Gasteiger partial charge in [-0.2, -0.15) is 0 Å². The van der Waals surface area contributed by atoms with Crippen molar-refractivity contribution in [3.63, 3.8) is 0 Å². The number of aromatic amines is 1. The minimum Gasteiger partial charge on any atom is -0.376 e. The van der Waals surface area contributed by atoms with Crippen LogP contribution < -0.4 is 11.1 Å². The van der Waals surface area contributed by atoms with Crippen molar-refractivity contribution in [2.24, 2.45) is 5.73 Å². The quantitative estimate of drug-likeness (QED) is 0.753. The molecule has 1 amide bonds. The van der Waals surface area contributed by atoms with Crippen LogP contribution in [0.3, 0.4) is 0 Å². The fourth-order valence-corrected chi connectivity index (χ4v) is 2.63. The number of para-hydroxylation sites is 1. The van der Waals surface area contributed by atoms with Gasteiger partial charge in [-0.05, 0) is 18.1 Å². The van der Waals surface area contributed by atoms with Gasteiger partial charge in [0.05, 0.1) is 32.0 Å². The lowest BCUT2D eigenvalue weighted by Gasteiger charge is -2.23. The summed E-state index contributed by atoms with van der Waals surface area (Å²) in [4.78, 5) is 15.3. The summed E-state index contributed by atoms with van der Waals surface area (Å²) in [6, 6.07) is 7.40. The average molecular weight is 303 g/mol. The van der Waals surface area contributed by atoms with Crippen LogP contribution in [0.2, 0.25) is 0 Å². The molecule has 2 atom stereocenters. The molecular weight excluding hydrogens is 282 g/mol. The van der Waals surface area contributed by atoms with Crippen LogP contribution in [0.4, 0.5) is 0 Å². The summed E-state index contributed by atoms with van der Waals surface area (Å²) in [5.41, 5.74) is 8.12. The first-order chi connectivity index (χ1) is 10.7. The van der Waals surface area contributed by atoms with Gasteiger partial charge in [0.1, 0.15) is 0 Å². The molecule has 1 aliphatic rings. The molecule has 1 saturated heterocycles. The van der Waals surface area contributed by atoms with Crippen LogP contribution in [0.25, 0.3) is 10.9 Å². The van der Waals surface area contributed by atoms with Crippen molar-refractivity contribution < 1.29 is 14.3 Å². The molecule has 118 valence electrons. The van der Waals surface area contributed by atoms with Crippen LogP contribution in [0.5, 0.6) is 0 Å². The van der Waals surface area contributed by atoms with E-state index in [0.717, 1.165) is 16.5 Å². The van der Waals surface area contributed by atoms with Crippen molar-refractivity contribution in [1.82, 2.24) is 10.3 Å². The van der Waals surface area contributed by atoms with Gasteiger partial charge in [-0.15, -0.1) is 0 Å². The third-order valence-corrected chi connectivity index (χ3v) is 3.84. The first kappa shape index (κ1) is 15.0. The topological polar surface area (TPSA) is 89.4 Å². The Balaban J connectivity index is 1.54. The summed E-state index contributed by atoms with van der Waals surface area (Å²) in [6.45, 7) is 2.13. The summed E-state index contributed by atoms with van der Waals surface area (Å²) in [5, 5.41) is 3.94. The van der Waals surface area contributed by atoms with Gasteiger partial charge in [0.2, 0.25) is 5.91 Å². The summed E-state index contributed by atoms with van der Waals surface area (Å²) in [7, 11) is 0. The van der Waals surface area contributed by atoms with Gasteiger partial charge >= 0.3 is 0 Å². The van der Waals surface area contributed by atoms with Crippen molar-refractivity contribution in [2.45, 2.75) is 18.6 Å². The number of aromatic nitrogens is 1. The predicted molar refractivity (Wildman–Crippen MR) is 83.5 cm³/mol. The standard InChI is InChI=1S/C16H21N3O3/c17-14(16(20)19-9-12-10-21-5-6-22-12)7-11-8-18-15-4-2-1-3-13(11)15/h1-4,8,12,14,18H,5-7,9-10,17H2,(H,19,20)/t12?,14-/m0/s1. The normalized spacial score (nSPS) is 20.0. The van der Waals surface area contributed by atoms with Crippen LogP contribution in [-0.2, 0) is 20.7 Å². The van der Waals surface area contributed by atoms with Gasteiger partial charge in [-0.25, -0.2) is 0 Å². The molecule has 1 unspecified atom stereocenters. The van der Waals surface area contributed by atoms with Crippen molar-refractivity contribution in [1.29, 1.82) is 0 Å². The van der Waals surface area contributed by atoms with Gasteiger partial charge in [0.25, 0.3) is 0 Å². The maximum Gasteiger partial charge on any atom is 0.237 e. The molecule has 0 bridgehead atoms. The fraction of sp³-hybridized carbons (Fsp3) is 0.438. The summed E-state index contributed by atoms with van der Waals surface area (Å²) in [5.74, 6) is -0.167. The molecule has 3 rings (SSSR count). The van der Waals surface area contributed by atoms with E-state index in [2.05, 4.69) is 10.3 Å². The van der Waals surface area contributed by atoms with Crippen LogP contribution in [0.15, 0.2) is 30.5 Å². The summed E-state index contributed by atoms with van der Waals surface area (Å²) in [6.07, 6.45) is 2.33. The van der Waals surface area contributed by atoms with Gasteiger partial charge in [-0.1, -0.05) is 18.2 Å². The number of amides is 1. The van der Waals surface area contributed by atoms with Crippen LogP contribution in [-0.4, -0.2) is 49.4 Å². The Bertz CT molecular complexity index is 634. The minimum atomic E-state index is -0.580. The number of nitrogens with one attached hydrogen (secondary N) is 2. The number of H-pyrrole nitrogens is 1. The molecular formula is C16H21N3O3. The molecule has 22 heavy (non-hydrogen) atoms. The van der Waals surface area contributed by atoms with Crippen LogP contribution >= 0.6 is 0 Å². The van der Waals surface area contributed by atoms with E-state index in [1.165, 1.54) is 0 Å². The Morgan fingerprint density at radius 3 is 3.09 bits per heavy atom. The average Bonchev–Trinajstić information content (AvgIpc) is 2.97. The number of hydrogen-bond acceptors (Lipinski definition) is 4. The molecule has 6 heteroatoms. The van der Waals surface area contributed by atoms with Gasteiger partial charge in [0, 0.05) is 23.6 Å². The molecule has 6 nitrogen and oxygen atoms in total. The molecule has 1 aliphatic heterocycles. The van der Waals surface area contributed by atoms with E-state index in [1.54, 1.807) is 0 Å². The molecule has 1 aromatic carbocycles. The third-order valence-electron chi connectivity index (χ3n) is 3.84. The Morgan fingerprint density at radius 1 is 1.41 bits per heavy atom. The van der Waals surface area contributed by atoms with Crippen molar-refractivity contribution in [3.8, 4) is 0 Å². The Hall–Kier alpha value is -1.89. The van der Waals surface area contributed by atoms with E-state index in [0.29, 0.717) is 32.8 Å². The molecule has 0 spiro atoms. The number of hydrogen-bond donors (Lipinski definition) is 3. The highest BCUT2D eigenvalue weighted by Crippen LogP contribution is 2.18.